The first-order valence-electron chi connectivity index (χ1n) is 8.99. The van der Waals surface area contributed by atoms with Crippen LogP contribution in [0.25, 0.3) is 0 Å². The summed E-state index contributed by atoms with van der Waals surface area (Å²) in [4.78, 5) is 5.50. The first-order valence-corrected chi connectivity index (χ1v) is 11.2. The summed E-state index contributed by atoms with van der Waals surface area (Å²) in [5, 5.41) is 12.8. The van der Waals surface area contributed by atoms with E-state index in [0.717, 1.165) is 28.7 Å². The van der Waals surface area contributed by atoms with Crippen molar-refractivity contribution in [3.05, 3.63) is 57.3 Å². The van der Waals surface area contributed by atoms with E-state index in [-0.39, 0.29) is 0 Å². The molecule has 1 fully saturated rings. The van der Waals surface area contributed by atoms with Crippen LogP contribution in [0.3, 0.4) is 0 Å². The Morgan fingerprint density at radius 3 is 2.81 bits per heavy atom. The molecule has 3 aromatic heterocycles. The minimum Gasteiger partial charge on any atom is -0.303 e. The molecule has 0 atom stereocenters. The van der Waals surface area contributed by atoms with Crippen LogP contribution in [0.5, 0.6) is 0 Å². The van der Waals surface area contributed by atoms with E-state index in [1.165, 1.54) is 37.0 Å². The van der Waals surface area contributed by atoms with Crippen LogP contribution in [-0.2, 0) is 12.2 Å². The van der Waals surface area contributed by atoms with Gasteiger partial charge in [0.05, 0.1) is 0 Å². The number of thiophene rings is 1. The third-order valence-corrected chi connectivity index (χ3v) is 6.99. The third-order valence-electron chi connectivity index (χ3n) is 4.78. The van der Waals surface area contributed by atoms with Crippen molar-refractivity contribution >= 4 is 34.7 Å². The summed E-state index contributed by atoms with van der Waals surface area (Å²) in [6.07, 6.45) is 8.94. The highest BCUT2D eigenvalue weighted by atomic mass is 35.5. The highest BCUT2D eigenvalue weighted by molar-refractivity contribution is 7.98. The molecule has 0 amide bonds. The summed E-state index contributed by atoms with van der Waals surface area (Å²) in [6, 6.07) is 8.74. The molecule has 0 spiro atoms. The van der Waals surface area contributed by atoms with Crippen molar-refractivity contribution in [2.24, 2.45) is 0 Å². The molecule has 136 valence electrons. The van der Waals surface area contributed by atoms with Crippen molar-refractivity contribution in [1.29, 1.82) is 0 Å². The summed E-state index contributed by atoms with van der Waals surface area (Å²) >= 11 is 9.70. The number of aromatic nitrogens is 4. The smallest absolute Gasteiger partial charge is 0.191 e. The van der Waals surface area contributed by atoms with Gasteiger partial charge in [-0.15, -0.1) is 21.5 Å². The highest BCUT2D eigenvalue weighted by Crippen LogP contribution is 2.34. The molecule has 3 heterocycles. The van der Waals surface area contributed by atoms with E-state index in [1.54, 1.807) is 29.3 Å². The number of hydrogen-bond acceptors (Lipinski definition) is 5. The van der Waals surface area contributed by atoms with Gasteiger partial charge in [0, 0.05) is 29.3 Å². The zero-order valence-electron chi connectivity index (χ0n) is 14.5. The van der Waals surface area contributed by atoms with Crippen molar-refractivity contribution in [2.45, 2.75) is 55.5 Å². The fourth-order valence-corrected chi connectivity index (χ4v) is 5.45. The van der Waals surface area contributed by atoms with Gasteiger partial charge in [-0.3, -0.25) is 0 Å². The summed E-state index contributed by atoms with van der Waals surface area (Å²) < 4.78 is 2.40. The van der Waals surface area contributed by atoms with Gasteiger partial charge in [-0.1, -0.05) is 54.8 Å². The van der Waals surface area contributed by atoms with E-state index in [1.807, 2.05) is 12.1 Å². The average molecular weight is 405 g/mol. The molecular weight excluding hydrogens is 384 g/mol. The first kappa shape index (κ1) is 18.0. The van der Waals surface area contributed by atoms with E-state index in [0.29, 0.717) is 11.2 Å². The first-order chi connectivity index (χ1) is 12.8. The molecule has 0 aromatic carbocycles. The normalized spacial score (nSPS) is 15.4. The van der Waals surface area contributed by atoms with E-state index < -0.39 is 0 Å². The number of rotatable bonds is 6. The third kappa shape index (κ3) is 4.13. The maximum absolute atomic E-state index is 6.21. The molecule has 1 aliphatic rings. The van der Waals surface area contributed by atoms with E-state index in [4.69, 9.17) is 11.6 Å². The molecular formula is C19H21ClN4S2. The van der Waals surface area contributed by atoms with E-state index in [9.17, 15) is 0 Å². The fraction of sp³-hybridized carbons (Fsp3) is 0.421. The molecule has 0 aliphatic heterocycles. The van der Waals surface area contributed by atoms with Gasteiger partial charge < -0.3 is 4.57 Å². The average Bonchev–Trinajstić information content (AvgIpc) is 3.32. The molecule has 4 rings (SSSR count). The van der Waals surface area contributed by atoms with Gasteiger partial charge in [-0.2, -0.15) is 0 Å². The Hall–Kier alpha value is -1.37. The Balaban J connectivity index is 1.58. The van der Waals surface area contributed by atoms with Crippen molar-refractivity contribution in [3.8, 4) is 0 Å². The number of thioether (sulfide) groups is 1. The lowest BCUT2D eigenvalue weighted by atomic mass is 9.95. The minimum absolute atomic E-state index is 0.514. The van der Waals surface area contributed by atoms with E-state index >= 15 is 0 Å². The van der Waals surface area contributed by atoms with Crippen LogP contribution in [0, 0.1) is 0 Å². The van der Waals surface area contributed by atoms with Gasteiger partial charge in [0.25, 0.3) is 0 Å². The fourth-order valence-electron chi connectivity index (χ4n) is 3.47. The Morgan fingerprint density at radius 1 is 1.15 bits per heavy atom. The quantitative estimate of drug-likeness (QED) is 0.386. The van der Waals surface area contributed by atoms with Crippen molar-refractivity contribution < 1.29 is 0 Å². The summed E-state index contributed by atoms with van der Waals surface area (Å²) in [5.41, 5.74) is 1.04. The van der Waals surface area contributed by atoms with Crippen LogP contribution in [0.2, 0.25) is 5.15 Å². The van der Waals surface area contributed by atoms with Crippen molar-refractivity contribution in [3.63, 3.8) is 0 Å². The molecule has 0 bridgehead atoms. The van der Waals surface area contributed by atoms with Gasteiger partial charge in [0.2, 0.25) is 0 Å². The second kappa shape index (κ2) is 8.55. The van der Waals surface area contributed by atoms with Crippen LogP contribution in [0.1, 0.15) is 54.4 Å². The number of hydrogen-bond donors (Lipinski definition) is 0. The van der Waals surface area contributed by atoms with Crippen LogP contribution in [-0.4, -0.2) is 19.7 Å². The summed E-state index contributed by atoms with van der Waals surface area (Å²) in [7, 11) is 0. The molecule has 0 saturated heterocycles. The second-order valence-electron chi connectivity index (χ2n) is 6.56. The van der Waals surface area contributed by atoms with Crippen LogP contribution >= 0.6 is 34.7 Å². The largest absolute Gasteiger partial charge is 0.303 e. The number of halogens is 1. The van der Waals surface area contributed by atoms with E-state index in [2.05, 4.69) is 37.3 Å². The summed E-state index contributed by atoms with van der Waals surface area (Å²) in [6.45, 7) is 0. The lowest BCUT2D eigenvalue weighted by molar-refractivity contribution is 0.330. The number of nitrogens with zero attached hydrogens (tertiary/aromatic N) is 4. The maximum atomic E-state index is 6.21. The topological polar surface area (TPSA) is 43.6 Å². The number of pyridine rings is 1. The standard InChI is InChI=1S/C19H21ClN4S2/c20-18-14(6-4-10-21-18)13-26-19-23-22-17(12-16-9-5-11-25-16)24(19)15-7-2-1-3-8-15/h4-6,9-11,15H,1-3,7-8,12-13H2. The zero-order valence-corrected chi connectivity index (χ0v) is 16.9. The summed E-state index contributed by atoms with van der Waals surface area (Å²) in [5.74, 6) is 1.84. The predicted octanol–water partition coefficient (Wildman–Crippen LogP) is 5.78. The molecule has 0 N–H and O–H groups in total. The lowest BCUT2D eigenvalue weighted by Gasteiger charge is -2.25. The Bertz CT molecular complexity index is 841. The van der Waals surface area contributed by atoms with Gasteiger partial charge in [0.15, 0.2) is 5.16 Å². The molecule has 0 unspecified atom stereocenters. The Labute approximate surface area is 167 Å². The van der Waals surface area contributed by atoms with Gasteiger partial charge >= 0.3 is 0 Å². The Morgan fingerprint density at radius 2 is 2.04 bits per heavy atom. The molecule has 1 saturated carbocycles. The minimum atomic E-state index is 0.514. The molecule has 4 nitrogen and oxygen atoms in total. The van der Waals surface area contributed by atoms with Crippen LogP contribution in [0.15, 0.2) is 41.0 Å². The highest BCUT2D eigenvalue weighted by Gasteiger charge is 2.23. The second-order valence-corrected chi connectivity index (χ2v) is 8.89. The maximum Gasteiger partial charge on any atom is 0.191 e. The monoisotopic (exact) mass is 404 g/mol. The zero-order chi connectivity index (χ0) is 17.8. The Kier molecular flexibility index (Phi) is 5.92. The molecule has 0 radical (unpaired) electrons. The lowest BCUT2D eigenvalue weighted by Crippen LogP contribution is -2.16. The molecule has 26 heavy (non-hydrogen) atoms. The van der Waals surface area contributed by atoms with Crippen molar-refractivity contribution in [2.75, 3.05) is 0 Å². The van der Waals surface area contributed by atoms with Gasteiger partial charge in [0.1, 0.15) is 11.0 Å². The van der Waals surface area contributed by atoms with Crippen LogP contribution in [0.4, 0.5) is 0 Å². The SMILES string of the molecule is Clc1ncccc1CSc1nnc(Cc2cccs2)n1C1CCCCC1. The predicted molar refractivity (Wildman–Crippen MR) is 108 cm³/mol. The van der Waals surface area contributed by atoms with Gasteiger partial charge in [-0.25, -0.2) is 4.98 Å². The molecule has 1 aliphatic carbocycles. The van der Waals surface area contributed by atoms with Gasteiger partial charge in [-0.05, 0) is 35.9 Å². The molecule has 7 heteroatoms. The molecule has 3 aromatic rings. The van der Waals surface area contributed by atoms with Crippen LogP contribution < -0.4 is 0 Å². The van der Waals surface area contributed by atoms with Crippen molar-refractivity contribution in [1.82, 2.24) is 19.7 Å².